The van der Waals surface area contributed by atoms with Crippen molar-refractivity contribution in [3.63, 3.8) is 0 Å². The number of carbonyl (C=O) groups excluding carboxylic acids is 1. The molecule has 5 heteroatoms. The van der Waals surface area contributed by atoms with E-state index < -0.39 is 0 Å². The number of para-hydroxylation sites is 1. The van der Waals surface area contributed by atoms with E-state index in [1.54, 1.807) is 7.11 Å². The first kappa shape index (κ1) is 14.7. The minimum atomic E-state index is 0.0752. The van der Waals surface area contributed by atoms with Crippen molar-refractivity contribution < 1.29 is 14.3 Å². The van der Waals surface area contributed by atoms with Crippen molar-refractivity contribution >= 4 is 16.8 Å². The Bertz CT molecular complexity index is 711. The number of hydrogen-bond acceptors (Lipinski definition) is 3. The third kappa shape index (κ3) is 2.54. The topological polar surface area (TPSA) is 63.3 Å². The van der Waals surface area contributed by atoms with Crippen molar-refractivity contribution in [2.75, 3.05) is 20.3 Å². The second kappa shape index (κ2) is 5.98. The molecule has 2 aromatic rings. The lowest BCUT2D eigenvalue weighted by Gasteiger charge is -2.47. The molecule has 2 aliphatic rings. The van der Waals surface area contributed by atoms with Crippen molar-refractivity contribution in [3.8, 4) is 0 Å². The fourth-order valence-corrected chi connectivity index (χ4v) is 4.12. The zero-order valence-corrected chi connectivity index (χ0v) is 13.2. The maximum absolute atomic E-state index is 12.5. The van der Waals surface area contributed by atoms with E-state index in [4.69, 9.17) is 9.47 Å². The third-order valence-electron chi connectivity index (χ3n) is 5.24. The molecule has 5 nitrogen and oxygen atoms in total. The van der Waals surface area contributed by atoms with Crippen LogP contribution in [0.4, 0.5) is 0 Å². The van der Waals surface area contributed by atoms with Gasteiger partial charge < -0.3 is 19.8 Å². The molecule has 2 heterocycles. The van der Waals surface area contributed by atoms with Crippen molar-refractivity contribution in [3.05, 3.63) is 36.0 Å². The van der Waals surface area contributed by atoms with Crippen LogP contribution in [0.3, 0.4) is 0 Å². The highest BCUT2D eigenvalue weighted by Gasteiger charge is 2.54. The molecule has 1 amide bonds. The molecular weight excluding hydrogens is 292 g/mol. The van der Waals surface area contributed by atoms with Gasteiger partial charge in [-0.2, -0.15) is 0 Å². The van der Waals surface area contributed by atoms with Crippen LogP contribution >= 0.6 is 0 Å². The summed E-state index contributed by atoms with van der Waals surface area (Å²) in [6, 6.07) is 8.25. The largest absolute Gasteiger partial charge is 0.384 e. The standard InChI is InChI=1S/C18H22N2O3/c1-22-10-14-17(13-6-7-23-18(13)14)20-16(21)8-11-9-19-15-5-3-2-4-12(11)15/h2-5,9,13-14,17-19H,6-8,10H2,1H3,(H,20,21)/t13-,14+,17-,18-/m1/s1. The minimum absolute atomic E-state index is 0.0752. The summed E-state index contributed by atoms with van der Waals surface area (Å²) in [6.07, 6.45) is 3.62. The number of carbonyl (C=O) groups is 1. The van der Waals surface area contributed by atoms with Crippen LogP contribution in [0.15, 0.2) is 30.5 Å². The number of H-pyrrole nitrogens is 1. The van der Waals surface area contributed by atoms with Crippen LogP contribution in [0.2, 0.25) is 0 Å². The normalized spacial score (nSPS) is 29.3. The van der Waals surface area contributed by atoms with Crippen LogP contribution < -0.4 is 5.32 Å². The third-order valence-corrected chi connectivity index (χ3v) is 5.24. The lowest BCUT2D eigenvalue weighted by molar-refractivity contribution is -0.129. The molecule has 4 atom stereocenters. The minimum Gasteiger partial charge on any atom is -0.384 e. The first-order valence-corrected chi connectivity index (χ1v) is 8.23. The summed E-state index contributed by atoms with van der Waals surface area (Å²) in [5.41, 5.74) is 2.11. The predicted molar refractivity (Wildman–Crippen MR) is 87.1 cm³/mol. The number of amides is 1. The van der Waals surface area contributed by atoms with E-state index in [0.717, 1.165) is 29.5 Å². The second-order valence-electron chi connectivity index (χ2n) is 6.54. The second-order valence-corrected chi connectivity index (χ2v) is 6.54. The molecule has 2 fully saturated rings. The highest BCUT2D eigenvalue weighted by atomic mass is 16.5. The summed E-state index contributed by atoms with van der Waals surface area (Å²) >= 11 is 0. The Hall–Kier alpha value is -1.85. The van der Waals surface area contributed by atoms with Crippen LogP contribution in [0, 0.1) is 11.8 Å². The summed E-state index contributed by atoms with van der Waals surface area (Å²) in [5, 5.41) is 4.33. The number of fused-ring (bicyclic) bond motifs is 2. The van der Waals surface area contributed by atoms with E-state index in [9.17, 15) is 4.79 Å². The first-order valence-electron chi connectivity index (χ1n) is 8.23. The number of methoxy groups -OCH3 is 1. The molecule has 1 aliphatic carbocycles. The average molecular weight is 314 g/mol. The van der Waals surface area contributed by atoms with Crippen LogP contribution in [0.1, 0.15) is 12.0 Å². The summed E-state index contributed by atoms with van der Waals surface area (Å²) in [4.78, 5) is 15.7. The van der Waals surface area contributed by atoms with Gasteiger partial charge in [0.05, 0.1) is 19.1 Å². The zero-order valence-electron chi connectivity index (χ0n) is 13.2. The first-order chi connectivity index (χ1) is 11.3. The number of benzene rings is 1. The van der Waals surface area contributed by atoms with Crippen LogP contribution in [-0.2, 0) is 20.7 Å². The van der Waals surface area contributed by atoms with Gasteiger partial charge in [-0.1, -0.05) is 18.2 Å². The number of ether oxygens (including phenoxy) is 2. The van der Waals surface area contributed by atoms with Gasteiger partial charge in [-0.3, -0.25) is 4.79 Å². The number of rotatable bonds is 5. The molecule has 0 unspecified atom stereocenters. The molecule has 4 rings (SSSR count). The van der Waals surface area contributed by atoms with E-state index in [-0.39, 0.29) is 24.0 Å². The van der Waals surface area contributed by atoms with Gasteiger partial charge in [0.2, 0.25) is 5.91 Å². The Balaban J connectivity index is 1.43. The Morgan fingerprint density at radius 1 is 1.43 bits per heavy atom. The Morgan fingerprint density at radius 3 is 3.17 bits per heavy atom. The molecule has 23 heavy (non-hydrogen) atoms. The van der Waals surface area contributed by atoms with Gasteiger partial charge >= 0.3 is 0 Å². The van der Waals surface area contributed by atoms with Gasteiger partial charge in [-0.05, 0) is 18.1 Å². The van der Waals surface area contributed by atoms with Gasteiger partial charge in [0.15, 0.2) is 0 Å². The molecule has 1 saturated heterocycles. The molecule has 1 aromatic heterocycles. The van der Waals surface area contributed by atoms with Crippen molar-refractivity contribution in [1.29, 1.82) is 0 Å². The van der Waals surface area contributed by atoms with Gasteiger partial charge in [0.1, 0.15) is 0 Å². The fraction of sp³-hybridized carbons (Fsp3) is 0.500. The van der Waals surface area contributed by atoms with E-state index in [0.29, 0.717) is 18.9 Å². The average Bonchev–Trinajstić information content (AvgIpc) is 3.16. The molecule has 0 radical (unpaired) electrons. The van der Waals surface area contributed by atoms with Gasteiger partial charge in [0, 0.05) is 48.7 Å². The molecule has 1 saturated carbocycles. The highest BCUT2D eigenvalue weighted by Crippen LogP contribution is 2.43. The summed E-state index contributed by atoms with van der Waals surface area (Å²) < 4.78 is 11.0. The van der Waals surface area contributed by atoms with E-state index >= 15 is 0 Å². The van der Waals surface area contributed by atoms with Crippen molar-refractivity contribution in [1.82, 2.24) is 10.3 Å². The van der Waals surface area contributed by atoms with E-state index in [2.05, 4.69) is 10.3 Å². The number of nitrogens with one attached hydrogen (secondary N) is 2. The maximum Gasteiger partial charge on any atom is 0.224 e. The summed E-state index contributed by atoms with van der Waals surface area (Å²) in [7, 11) is 1.70. The molecule has 1 aliphatic heterocycles. The quantitative estimate of drug-likeness (QED) is 0.886. The van der Waals surface area contributed by atoms with Crippen molar-refractivity contribution in [2.24, 2.45) is 11.8 Å². The van der Waals surface area contributed by atoms with Crippen LogP contribution in [-0.4, -0.2) is 43.4 Å². The molecular formula is C18H22N2O3. The smallest absolute Gasteiger partial charge is 0.224 e. The molecule has 0 bridgehead atoms. The highest BCUT2D eigenvalue weighted by molar-refractivity contribution is 5.89. The monoisotopic (exact) mass is 314 g/mol. The Kier molecular flexibility index (Phi) is 3.83. The fourth-order valence-electron chi connectivity index (χ4n) is 4.12. The molecule has 0 spiro atoms. The van der Waals surface area contributed by atoms with Gasteiger partial charge in [-0.25, -0.2) is 0 Å². The van der Waals surface area contributed by atoms with Crippen LogP contribution in [0.5, 0.6) is 0 Å². The molecule has 2 N–H and O–H groups in total. The van der Waals surface area contributed by atoms with Crippen molar-refractivity contribution in [2.45, 2.75) is 25.0 Å². The number of aromatic nitrogens is 1. The summed E-state index contributed by atoms with van der Waals surface area (Å²) in [6.45, 7) is 1.43. The van der Waals surface area contributed by atoms with Crippen LogP contribution in [0.25, 0.3) is 10.9 Å². The SMILES string of the molecule is COC[C@H]1[C@H](NC(=O)Cc2c[nH]c3ccccc23)[C@H]2CCO[C@H]21. The Morgan fingerprint density at radius 2 is 2.30 bits per heavy atom. The van der Waals surface area contributed by atoms with Gasteiger partial charge in [-0.15, -0.1) is 0 Å². The lowest BCUT2D eigenvalue weighted by atomic mass is 9.67. The zero-order chi connectivity index (χ0) is 15.8. The molecule has 122 valence electrons. The lowest BCUT2D eigenvalue weighted by Crippen LogP contribution is -2.62. The van der Waals surface area contributed by atoms with Gasteiger partial charge in [0.25, 0.3) is 0 Å². The number of hydrogen-bond donors (Lipinski definition) is 2. The predicted octanol–water partition coefficient (Wildman–Crippen LogP) is 1.88. The van der Waals surface area contributed by atoms with E-state index in [1.165, 1.54) is 0 Å². The number of aromatic amines is 1. The summed E-state index contributed by atoms with van der Waals surface area (Å²) in [5.74, 6) is 0.799. The van der Waals surface area contributed by atoms with E-state index in [1.807, 2.05) is 30.5 Å². The maximum atomic E-state index is 12.5. The molecule has 1 aromatic carbocycles. The Labute approximate surface area is 135 Å².